The van der Waals surface area contributed by atoms with E-state index in [1.54, 1.807) is 6.07 Å². The first-order valence-electron chi connectivity index (χ1n) is 6.28. The van der Waals surface area contributed by atoms with Gasteiger partial charge in [0.1, 0.15) is 5.58 Å². The van der Waals surface area contributed by atoms with Crippen molar-refractivity contribution in [2.24, 2.45) is 0 Å². The average Bonchev–Trinajstić information content (AvgIpc) is 2.49. The van der Waals surface area contributed by atoms with Crippen LogP contribution in [0.3, 0.4) is 0 Å². The van der Waals surface area contributed by atoms with E-state index in [1.165, 1.54) is 0 Å². The molecule has 96 valence electrons. The fourth-order valence-electron chi connectivity index (χ4n) is 2.36. The van der Waals surface area contributed by atoms with Crippen molar-refractivity contribution in [3.63, 3.8) is 0 Å². The number of nitriles is 1. The molecule has 3 nitrogen and oxygen atoms in total. The maximum absolute atomic E-state index is 12.1. The van der Waals surface area contributed by atoms with E-state index < -0.39 is 5.63 Å². The first-order chi connectivity index (χ1) is 9.81. The van der Waals surface area contributed by atoms with Crippen molar-refractivity contribution >= 4 is 11.0 Å². The summed E-state index contributed by atoms with van der Waals surface area (Å²) in [5.74, 6) is 0. The number of fused-ring (bicyclic) bond motifs is 1. The molecule has 0 unspecified atom stereocenters. The lowest BCUT2D eigenvalue weighted by molar-refractivity contribution is 0.554. The summed E-state index contributed by atoms with van der Waals surface area (Å²) in [6, 6.07) is 19.0. The van der Waals surface area contributed by atoms with Gasteiger partial charge < -0.3 is 4.42 Å². The van der Waals surface area contributed by atoms with Gasteiger partial charge in [0.15, 0.2) is 0 Å². The summed E-state index contributed by atoms with van der Waals surface area (Å²) < 4.78 is 5.30. The van der Waals surface area contributed by atoms with Crippen molar-refractivity contribution in [2.75, 3.05) is 0 Å². The minimum Gasteiger partial charge on any atom is -0.422 e. The molecule has 0 atom stereocenters. The molecule has 0 fully saturated rings. The van der Waals surface area contributed by atoms with E-state index >= 15 is 0 Å². The molecule has 0 amide bonds. The standard InChI is InChI=1S/C17H11NO2/c18-11-10-14-16(12-6-2-1-3-7-12)13-8-4-5-9-15(13)20-17(14)19/h1-9H,10H2. The highest BCUT2D eigenvalue weighted by atomic mass is 16.4. The van der Waals surface area contributed by atoms with Gasteiger partial charge in [-0.25, -0.2) is 4.79 Å². The Morgan fingerprint density at radius 2 is 1.70 bits per heavy atom. The second-order valence-corrected chi connectivity index (χ2v) is 4.44. The highest BCUT2D eigenvalue weighted by Crippen LogP contribution is 2.30. The summed E-state index contributed by atoms with van der Waals surface area (Å²) in [6.07, 6.45) is 0.0391. The van der Waals surface area contributed by atoms with Crippen LogP contribution in [-0.2, 0) is 6.42 Å². The lowest BCUT2D eigenvalue weighted by Crippen LogP contribution is -2.09. The third-order valence-corrected chi connectivity index (χ3v) is 3.23. The smallest absolute Gasteiger partial charge is 0.341 e. The molecular weight excluding hydrogens is 250 g/mol. The van der Waals surface area contributed by atoms with Crippen LogP contribution in [-0.4, -0.2) is 0 Å². The van der Waals surface area contributed by atoms with Crippen molar-refractivity contribution in [3.8, 4) is 17.2 Å². The van der Waals surface area contributed by atoms with E-state index in [4.69, 9.17) is 9.68 Å². The largest absolute Gasteiger partial charge is 0.422 e. The van der Waals surface area contributed by atoms with Crippen molar-refractivity contribution in [1.82, 2.24) is 0 Å². The summed E-state index contributed by atoms with van der Waals surface area (Å²) in [4.78, 5) is 12.1. The Labute approximate surface area is 115 Å². The monoisotopic (exact) mass is 261 g/mol. The van der Waals surface area contributed by atoms with Crippen LogP contribution in [0, 0.1) is 11.3 Å². The molecule has 2 aromatic carbocycles. The predicted molar refractivity (Wildman–Crippen MR) is 77.2 cm³/mol. The fraction of sp³-hybridized carbons (Fsp3) is 0.0588. The second kappa shape index (κ2) is 5.02. The molecule has 3 heteroatoms. The third kappa shape index (κ3) is 1.98. The Hall–Kier alpha value is -2.86. The number of rotatable bonds is 2. The van der Waals surface area contributed by atoms with Gasteiger partial charge in [-0.2, -0.15) is 5.26 Å². The van der Waals surface area contributed by atoms with Crippen LogP contribution in [0.4, 0.5) is 0 Å². The molecule has 0 aliphatic carbocycles. The van der Waals surface area contributed by atoms with Gasteiger partial charge in [0.2, 0.25) is 0 Å². The molecule has 20 heavy (non-hydrogen) atoms. The van der Waals surface area contributed by atoms with Gasteiger partial charge in [0.05, 0.1) is 18.1 Å². The Kier molecular flexibility index (Phi) is 3.06. The van der Waals surface area contributed by atoms with Crippen LogP contribution in [0.5, 0.6) is 0 Å². The Bertz CT molecular complexity index is 858. The molecular formula is C17H11NO2. The molecule has 3 aromatic rings. The number of hydrogen-bond donors (Lipinski definition) is 0. The van der Waals surface area contributed by atoms with Crippen LogP contribution in [0.1, 0.15) is 5.56 Å². The molecule has 1 heterocycles. The summed E-state index contributed by atoms with van der Waals surface area (Å²) in [5.41, 5.74) is 2.22. The van der Waals surface area contributed by atoms with Crippen molar-refractivity contribution in [1.29, 1.82) is 5.26 Å². The van der Waals surface area contributed by atoms with E-state index in [9.17, 15) is 4.79 Å². The topological polar surface area (TPSA) is 54.0 Å². The summed E-state index contributed by atoms with van der Waals surface area (Å²) >= 11 is 0. The van der Waals surface area contributed by atoms with E-state index in [1.807, 2.05) is 54.6 Å². The van der Waals surface area contributed by atoms with Crippen LogP contribution in [0.2, 0.25) is 0 Å². The van der Waals surface area contributed by atoms with Gasteiger partial charge in [-0.3, -0.25) is 0 Å². The maximum atomic E-state index is 12.1. The van der Waals surface area contributed by atoms with E-state index in [0.29, 0.717) is 11.1 Å². The molecule has 0 N–H and O–H groups in total. The number of hydrogen-bond acceptors (Lipinski definition) is 3. The fourth-order valence-corrected chi connectivity index (χ4v) is 2.36. The highest BCUT2D eigenvalue weighted by Gasteiger charge is 2.15. The van der Waals surface area contributed by atoms with E-state index in [-0.39, 0.29) is 6.42 Å². The average molecular weight is 261 g/mol. The number of nitrogens with zero attached hydrogens (tertiary/aromatic N) is 1. The summed E-state index contributed by atoms with van der Waals surface area (Å²) in [7, 11) is 0. The van der Waals surface area contributed by atoms with Gasteiger partial charge in [-0.15, -0.1) is 0 Å². The predicted octanol–water partition coefficient (Wildman–Crippen LogP) is 3.53. The number of para-hydroxylation sites is 1. The second-order valence-electron chi connectivity index (χ2n) is 4.44. The molecule has 0 bridgehead atoms. The van der Waals surface area contributed by atoms with Gasteiger partial charge in [0.25, 0.3) is 0 Å². The van der Waals surface area contributed by atoms with E-state index in [0.717, 1.165) is 16.5 Å². The zero-order valence-corrected chi connectivity index (χ0v) is 10.7. The molecule has 0 saturated carbocycles. The van der Waals surface area contributed by atoms with Gasteiger partial charge >= 0.3 is 5.63 Å². The normalized spacial score (nSPS) is 10.3. The van der Waals surface area contributed by atoms with Gasteiger partial charge in [-0.1, -0.05) is 48.5 Å². The first kappa shape index (κ1) is 12.2. The molecule has 0 saturated heterocycles. The van der Waals surface area contributed by atoms with Crippen LogP contribution in [0.25, 0.3) is 22.1 Å². The van der Waals surface area contributed by atoms with Crippen LogP contribution in [0.15, 0.2) is 63.8 Å². The Morgan fingerprint density at radius 1 is 1.00 bits per heavy atom. The van der Waals surface area contributed by atoms with Gasteiger partial charge in [0, 0.05) is 10.9 Å². The summed E-state index contributed by atoms with van der Waals surface area (Å²) in [5, 5.41) is 9.81. The van der Waals surface area contributed by atoms with Gasteiger partial charge in [-0.05, 0) is 11.6 Å². The lowest BCUT2D eigenvalue weighted by atomic mass is 9.96. The quantitative estimate of drug-likeness (QED) is 0.663. The van der Waals surface area contributed by atoms with Crippen LogP contribution < -0.4 is 5.63 Å². The maximum Gasteiger partial charge on any atom is 0.341 e. The number of benzene rings is 2. The highest BCUT2D eigenvalue weighted by molar-refractivity contribution is 5.94. The Morgan fingerprint density at radius 3 is 2.45 bits per heavy atom. The van der Waals surface area contributed by atoms with Crippen molar-refractivity contribution in [3.05, 3.63) is 70.6 Å². The molecule has 0 radical (unpaired) electrons. The molecule has 3 rings (SSSR count). The molecule has 1 aromatic heterocycles. The minimum absolute atomic E-state index is 0.0391. The molecule has 0 spiro atoms. The lowest BCUT2D eigenvalue weighted by Gasteiger charge is -2.09. The first-order valence-corrected chi connectivity index (χ1v) is 6.28. The third-order valence-electron chi connectivity index (χ3n) is 3.23. The molecule has 0 aliphatic rings. The van der Waals surface area contributed by atoms with E-state index in [2.05, 4.69) is 0 Å². The van der Waals surface area contributed by atoms with Crippen molar-refractivity contribution < 1.29 is 4.42 Å². The SMILES string of the molecule is N#CCc1c(-c2ccccc2)c2ccccc2oc1=O. The van der Waals surface area contributed by atoms with Crippen molar-refractivity contribution in [2.45, 2.75) is 6.42 Å². The zero-order chi connectivity index (χ0) is 13.9. The summed E-state index contributed by atoms with van der Waals surface area (Å²) in [6.45, 7) is 0. The molecule has 0 aliphatic heterocycles. The van der Waals surface area contributed by atoms with Crippen LogP contribution >= 0.6 is 0 Å². The Balaban J connectivity index is 2.46. The minimum atomic E-state index is -0.441. The zero-order valence-electron chi connectivity index (χ0n) is 10.7.